The largest absolute Gasteiger partial charge is 0.394 e. The summed E-state index contributed by atoms with van der Waals surface area (Å²) in [5.74, 6) is 0. The molecular weight excluding hydrogens is 536 g/mol. The summed E-state index contributed by atoms with van der Waals surface area (Å²) in [6.07, 6.45) is 9.76. The van der Waals surface area contributed by atoms with E-state index >= 15 is 0 Å². The van der Waals surface area contributed by atoms with Crippen LogP contribution in [0.3, 0.4) is 0 Å². The molecule has 0 bridgehead atoms. The zero-order valence-corrected chi connectivity index (χ0v) is 29.1. The van der Waals surface area contributed by atoms with E-state index in [0.29, 0.717) is 33.0 Å². The van der Waals surface area contributed by atoms with Crippen molar-refractivity contribution >= 4 is 0 Å². The Labute approximate surface area is 259 Å². The van der Waals surface area contributed by atoms with Crippen LogP contribution in [0.25, 0.3) is 0 Å². The molecule has 8 nitrogen and oxygen atoms in total. The normalized spacial score (nSPS) is 17.5. The molecule has 0 spiro atoms. The van der Waals surface area contributed by atoms with E-state index in [4.69, 9.17) is 33.5 Å². The Morgan fingerprint density at radius 1 is 0.571 bits per heavy atom. The first-order chi connectivity index (χ1) is 19.9. The van der Waals surface area contributed by atoms with Crippen LogP contribution in [0.2, 0.25) is 0 Å². The predicted octanol–water partition coefficient (Wildman–Crippen LogP) is 6.72. The fourth-order valence-corrected chi connectivity index (χ4v) is 4.57. The van der Waals surface area contributed by atoms with Gasteiger partial charge in [0.15, 0.2) is 0 Å². The van der Waals surface area contributed by atoms with Gasteiger partial charge in [0, 0.05) is 18.6 Å². The summed E-state index contributed by atoms with van der Waals surface area (Å²) in [4.78, 5) is 0. The van der Waals surface area contributed by atoms with E-state index in [0.717, 1.165) is 45.1 Å². The lowest BCUT2D eigenvalue weighted by molar-refractivity contribution is -0.173. The molecule has 0 fully saturated rings. The lowest BCUT2D eigenvalue weighted by Crippen LogP contribution is -2.49. The Morgan fingerprint density at radius 3 is 1.76 bits per heavy atom. The molecule has 254 valence electrons. The summed E-state index contributed by atoms with van der Waals surface area (Å²) in [6, 6.07) is 0. The molecule has 0 radical (unpaired) electrons. The highest BCUT2D eigenvalue weighted by molar-refractivity contribution is 4.92. The van der Waals surface area contributed by atoms with Crippen LogP contribution in [-0.2, 0) is 28.4 Å². The quantitative estimate of drug-likeness (QED) is 0.0870. The molecule has 0 aliphatic heterocycles. The third-order valence-corrected chi connectivity index (χ3v) is 9.14. The van der Waals surface area contributed by atoms with Crippen LogP contribution in [0.4, 0.5) is 0 Å². The fourth-order valence-electron chi connectivity index (χ4n) is 4.57. The number of hydrogen-bond acceptors (Lipinski definition) is 8. The molecule has 4 unspecified atom stereocenters. The highest BCUT2D eigenvalue weighted by Crippen LogP contribution is 2.39. The number of unbranched alkanes of at least 4 members (excludes halogenated alkanes) is 4. The number of ether oxygens (including phenoxy) is 6. The Balaban J connectivity index is 4.64. The second kappa shape index (κ2) is 23.1. The summed E-state index contributed by atoms with van der Waals surface area (Å²) >= 11 is 0. The van der Waals surface area contributed by atoms with E-state index in [-0.39, 0.29) is 48.6 Å². The maximum Gasteiger partial charge on any atom is 0.101 e. The van der Waals surface area contributed by atoms with Gasteiger partial charge in [-0.2, -0.15) is 0 Å². The number of hydrogen-bond donors (Lipinski definition) is 2. The van der Waals surface area contributed by atoms with Gasteiger partial charge in [-0.15, -0.1) is 0 Å². The van der Waals surface area contributed by atoms with Gasteiger partial charge in [-0.05, 0) is 59.3 Å². The number of aliphatic hydroxyl groups excluding tert-OH is 2. The summed E-state index contributed by atoms with van der Waals surface area (Å²) in [7, 11) is 0. The van der Waals surface area contributed by atoms with Crippen LogP contribution < -0.4 is 0 Å². The Morgan fingerprint density at radius 2 is 1.17 bits per heavy atom. The van der Waals surface area contributed by atoms with E-state index in [1.165, 1.54) is 25.7 Å². The minimum absolute atomic E-state index is 0.0555. The van der Waals surface area contributed by atoms with Crippen molar-refractivity contribution < 1.29 is 38.6 Å². The molecule has 0 aromatic rings. The Hall–Kier alpha value is -0.320. The fraction of sp³-hybridized carbons (Fsp3) is 1.00. The van der Waals surface area contributed by atoms with E-state index in [9.17, 15) is 5.11 Å². The predicted molar refractivity (Wildman–Crippen MR) is 171 cm³/mol. The van der Waals surface area contributed by atoms with Gasteiger partial charge >= 0.3 is 0 Å². The monoisotopic (exact) mass is 607 g/mol. The molecule has 0 aromatic carbocycles. The molecule has 2 N–H and O–H groups in total. The smallest absolute Gasteiger partial charge is 0.101 e. The number of aliphatic hydroxyl groups is 2. The van der Waals surface area contributed by atoms with Crippen molar-refractivity contribution in [1.82, 2.24) is 0 Å². The summed E-state index contributed by atoms with van der Waals surface area (Å²) in [5, 5.41) is 18.7. The lowest BCUT2D eigenvalue weighted by atomic mass is 9.74. The standard InChI is InChI=1S/C34H70O8/c1-10-14-15-16-17-21-37-25-26-40-32(7,11-2)19-23-41-34(9,13-4)31(5,6)29-42-33(8,12-3)18-22-38-27-30(36)28-39-24-20-35/h30,35-36H,10-29H2,1-9H3. The van der Waals surface area contributed by atoms with Gasteiger partial charge in [-0.25, -0.2) is 0 Å². The van der Waals surface area contributed by atoms with Gasteiger partial charge in [0.25, 0.3) is 0 Å². The molecule has 0 saturated carbocycles. The van der Waals surface area contributed by atoms with E-state index < -0.39 is 6.10 Å². The van der Waals surface area contributed by atoms with Crippen molar-refractivity contribution in [1.29, 1.82) is 0 Å². The third-order valence-electron chi connectivity index (χ3n) is 9.14. The molecule has 0 saturated heterocycles. The minimum Gasteiger partial charge on any atom is -0.394 e. The van der Waals surface area contributed by atoms with Crippen molar-refractivity contribution in [2.75, 3.05) is 66.1 Å². The highest BCUT2D eigenvalue weighted by atomic mass is 16.5. The van der Waals surface area contributed by atoms with Crippen LogP contribution in [0.1, 0.15) is 127 Å². The van der Waals surface area contributed by atoms with Gasteiger partial charge in [0.2, 0.25) is 0 Å². The highest BCUT2D eigenvalue weighted by Gasteiger charge is 2.42. The molecule has 0 aliphatic rings. The lowest BCUT2D eigenvalue weighted by Gasteiger charge is -2.46. The first-order valence-electron chi connectivity index (χ1n) is 16.8. The topological polar surface area (TPSA) is 95.8 Å². The second-order valence-electron chi connectivity index (χ2n) is 13.1. The zero-order valence-electron chi connectivity index (χ0n) is 29.1. The van der Waals surface area contributed by atoms with Gasteiger partial charge in [0.05, 0.1) is 69.7 Å². The maximum atomic E-state index is 9.94. The van der Waals surface area contributed by atoms with Crippen LogP contribution >= 0.6 is 0 Å². The molecule has 42 heavy (non-hydrogen) atoms. The van der Waals surface area contributed by atoms with Crippen molar-refractivity contribution in [3.8, 4) is 0 Å². The Kier molecular flexibility index (Phi) is 22.9. The summed E-state index contributed by atoms with van der Waals surface area (Å²) in [5.41, 5.74) is -1.14. The summed E-state index contributed by atoms with van der Waals surface area (Å²) in [6.45, 7) is 23.9. The van der Waals surface area contributed by atoms with Gasteiger partial charge < -0.3 is 38.6 Å². The molecular formula is C34H70O8. The Bertz CT molecular complexity index is 633. The first-order valence-corrected chi connectivity index (χ1v) is 16.8. The van der Waals surface area contributed by atoms with E-state index in [1.54, 1.807) is 0 Å². The van der Waals surface area contributed by atoms with Crippen molar-refractivity contribution in [2.24, 2.45) is 5.41 Å². The average molecular weight is 607 g/mol. The van der Waals surface area contributed by atoms with E-state index in [2.05, 4.69) is 62.3 Å². The van der Waals surface area contributed by atoms with Crippen LogP contribution in [0.5, 0.6) is 0 Å². The second-order valence-corrected chi connectivity index (χ2v) is 13.1. The van der Waals surface area contributed by atoms with Gasteiger partial charge in [-0.1, -0.05) is 67.2 Å². The van der Waals surface area contributed by atoms with Gasteiger partial charge in [-0.3, -0.25) is 0 Å². The average Bonchev–Trinajstić information content (AvgIpc) is 2.97. The molecule has 8 heteroatoms. The van der Waals surface area contributed by atoms with Crippen molar-refractivity contribution in [3.63, 3.8) is 0 Å². The van der Waals surface area contributed by atoms with Crippen molar-refractivity contribution in [2.45, 2.75) is 149 Å². The first kappa shape index (κ1) is 41.7. The van der Waals surface area contributed by atoms with Gasteiger partial charge in [0.1, 0.15) is 6.10 Å². The SMILES string of the molecule is CCCCCCCOCCOC(C)(CC)CCOC(C)(CC)C(C)(C)COC(C)(CC)CCOCC(O)COCCO. The minimum atomic E-state index is -0.704. The number of rotatable bonds is 30. The molecule has 0 aromatic heterocycles. The molecule has 0 heterocycles. The molecule has 4 atom stereocenters. The maximum absolute atomic E-state index is 9.94. The molecule has 0 aliphatic carbocycles. The molecule has 0 rings (SSSR count). The van der Waals surface area contributed by atoms with Crippen LogP contribution in [-0.4, -0.2) is 99.2 Å². The van der Waals surface area contributed by atoms with Crippen LogP contribution in [0.15, 0.2) is 0 Å². The zero-order chi connectivity index (χ0) is 32.0. The van der Waals surface area contributed by atoms with E-state index in [1.807, 2.05) is 0 Å². The third kappa shape index (κ3) is 17.8. The van der Waals surface area contributed by atoms with Crippen LogP contribution in [0, 0.1) is 5.41 Å². The van der Waals surface area contributed by atoms with Crippen molar-refractivity contribution in [3.05, 3.63) is 0 Å². The summed E-state index contributed by atoms with van der Waals surface area (Å²) < 4.78 is 36.1. The molecule has 0 amide bonds.